The first kappa shape index (κ1) is 15.6. The second kappa shape index (κ2) is 7.32. The molecule has 3 nitrogen and oxygen atoms in total. The summed E-state index contributed by atoms with van der Waals surface area (Å²) in [4.78, 5) is 12.1. The largest absolute Gasteiger partial charge is 0.449 e. The minimum atomic E-state index is -0.319. The lowest BCUT2D eigenvalue weighted by Crippen LogP contribution is -2.32. The topological polar surface area (TPSA) is 38.3 Å². The predicted octanol–water partition coefficient (Wildman–Crippen LogP) is 4.34. The van der Waals surface area contributed by atoms with Gasteiger partial charge in [-0.05, 0) is 42.9 Å². The molecule has 23 heavy (non-hydrogen) atoms. The highest BCUT2D eigenvalue weighted by atomic mass is 16.5. The van der Waals surface area contributed by atoms with Gasteiger partial charge in [0.2, 0.25) is 0 Å². The summed E-state index contributed by atoms with van der Waals surface area (Å²) in [6, 6.07) is 16.6. The number of hydrogen-bond donors (Lipinski definition) is 1. The van der Waals surface area contributed by atoms with Crippen LogP contribution in [0.3, 0.4) is 0 Å². The molecular weight excluding hydrogens is 286 g/mol. The summed E-state index contributed by atoms with van der Waals surface area (Å²) in [5.41, 5.74) is 5.00. The molecule has 0 spiro atoms. The summed E-state index contributed by atoms with van der Waals surface area (Å²) in [7, 11) is 0. The number of ether oxygens (including phenoxy) is 1. The summed E-state index contributed by atoms with van der Waals surface area (Å²) < 4.78 is 5.34. The zero-order valence-corrected chi connectivity index (χ0v) is 13.5. The van der Waals surface area contributed by atoms with Gasteiger partial charge >= 0.3 is 6.09 Å². The number of amides is 1. The summed E-state index contributed by atoms with van der Waals surface area (Å²) in [6.07, 6.45) is 3.60. The van der Waals surface area contributed by atoms with E-state index in [-0.39, 0.29) is 12.1 Å². The predicted molar refractivity (Wildman–Crippen MR) is 91.5 cm³/mol. The molecule has 0 bridgehead atoms. The van der Waals surface area contributed by atoms with Gasteiger partial charge in [-0.15, -0.1) is 0 Å². The van der Waals surface area contributed by atoms with Crippen LogP contribution in [0.2, 0.25) is 0 Å². The van der Waals surface area contributed by atoms with E-state index in [1.807, 2.05) is 30.3 Å². The summed E-state index contributed by atoms with van der Waals surface area (Å²) >= 11 is 0. The van der Waals surface area contributed by atoms with Crippen molar-refractivity contribution < 1.29 is 9.53 Å². The Morgan fingerprint density at radius 2 is 2.04 bits per heavy atom. The lowest BCUT2D eigenvalue weighted by atomic mass is 9.87. The molecule has 0 heterocycles. The Kier molecular flexibility index (Phi) is 4.96. The molecule has 0 aromatic heterocycles. The van der Waals surface area contributed by atoms with Crippen molar-refractivity contribution in [1.29, 1.82) is 0 Å². The molecule has 1 aliphatic carbocycles. The summed E-state index contributed by atoms with van der Waals surface area (Å²) in [6.45, 7) is 2.49. The van der Waals surface area contributed by atoms with Crippen molar-refractivity contribution >= 4 is 6.09 Å². The van der Waals surface area contributed by atoms with Crippen LogP contribution >= 0.6 is 0 Å². The summed E-state index contributed by atoms with van der Waals surface area (Å²) in [5.74, 6) is 0. The quantitative estimate of drug-likeness (QED) is 0.912. The zero-order valence-electron chi connectivity index (χ0n) is 13.5. The average Bonchev–Trinajstić information content (AvgIpc) is 2.56. The van der Waals surface area contributed by atoms with Gasteiger partial charge in [-0.25, -0.2) is 4.79 Å². The minimum Gasteiger partial charge on any atom is -0.449 e. The van der Waals surface area contributed by atoms with Crippen molar-refractivity contribution in [3.63, 3.8) is 0 Å². The van der Waals surface area contributed by atoms with E-state index in [0.717, 1.165) is 25.7 Å². The number of aryl methyl sites for hydroxylation is 2. The van der Waals surface area contributed by atoms with E-state index in [2.05, 4.69) is 30.4 Å². The fourth-order valence-corrected chi connectivity index (χ4v) is 3.16. The maximum atomic E-state index is 12.1. The monoisotopic (exact) mass is 309 g/mol. The molecule has 1 atom stereocenters. The number of fused-ring (bicyclic) bond motifs is 1. The summed E-state index contributed by atoms with van der Waals surface area (Å²) in [5, 5.41) is 3.03. The number of hydrogen-bond acceptors (Lipinski definition) is 2. The molecule has 0 aliphatic heterocycles. The fraction of sp³-hybridized carbons (Fsp3) is 0.350. The maximum Gasteiger partial charge on any atom is 0.407 e. The number of nitrogens with one attached hydrogen (secondary N) is 1. The van der Waals surface area contributed by atoms with Crippen molar-refractivity contribution in [2.24, 2.45) is 0 Å². The number of benzene rings is 2. The molecule has 1 amide bonds. The van der Waals surface area contributed by atoms with Crippen molar-refractivity contribution in [2.45, 2.75) is 38.6 Å². The highest BCUT2D eigenvalue weighted by Gasteiger charge is 2.22. The molecule has 1 aliphatic rings. The van der Waals surface area contributed by atoms with Crippen LogP contribution in [-0.4, -0.2) is 12.7 Å². The van der Waals surface area contributed by atoms with Gasteiger partial charge in [0.05, 0.1) is 12.6 Å². The molecule has 1 N–H and O–H groups in total. The smallest absolute Gasteiger partial charge is 0.407 e. The van der Waals surface area contributed by atoms with Gasteiger partial charge in [-0.3, -0.25) is 0 Å². The van der Waals surface area contributed by atoms with E-state index in [1.165, 1.54) is 22.3 Å². The Bertz CT molecular complexity index is 667. The first-order valence-corrected chi connectivity index (χ1v) is 8.29. The number of carbonyl (C=O) groups excluding carboxylic acids is 1. The van der Waals surface area contributed by atoms with Crippen LogP contribution in [0.1, 0.15) is 41.1 Å². The molecule has 1 unspecified atom stereocenters. The van der Waals surface area contributed by atoms with Gasteiger partial charge in [0, 0.05) is 6.42 Å². The van der Waals surface area contributed by atoms with E-state index in [4.69, 9.17) is 4.74 Å². The van der Waals surface area contributed by atoms with Crippen LogP contribution in [0.5, 0.6) is 0 Å². The third-order valence-electron chi connectivity index (χ3n) is 4.37. The molecule has 2 aromatic carbocycles. The molecular formula is C20H23NO2. The van der Waals surface area contributed by atoms with Gasteiger partial charge in [-0.2, -0.15) is 0 Å². The number of alkyl carbamates (subject to hydrolysis) is 1. The first-order valence-electron chi connectivity index (χ1n) is 8.29. The molecule has 120 valence electrons. The normalized spacial score (nSPS) is 16.5. The lowest BCUT2D eigenvalue weighted by Gasteiger charge is -2.26. The van der Waals surface area contributed by atoms with Crippen molar-refractivity contribution in [2.75, 3.05) is 6.61 Å². The molecule has 0 saturated heterocycles. The SMILES string of the molecule is Cc1ccc2c(c1)C(NC(=O)OCCc1ccccc1)CCC2. The standard InChI is InChI=1S/C20H23NO2/c1-15-10-11-17-8-5-9-19(18(17)14-15)21-20(22)23-13-12-16-6-3-2-4-7-16/h2-4,6-7,10-11,14,19H,5,8-9,12-13H2,1H3,(H,21,22). The fourth-order valence-electron chi connectivity index (χ4n) is 3.16. The van der Waals surface area contributed by atoms with Gasteiger partial charge in [-0.1, -0.05) is 54.1 Å². The second-order valence-corrected chi connectivity index (χ2v) is 6.16. The van der Waals surface area contributed by atoms with Crippen molar-refractivity contribution in [3.05, 3.63) is 70.8 Å². The second-order valence-electron chi connectivity index (χ2n) is 6.16. The molecule has 3 rings (SSSR count). The molecule has 2 aromatic rings. The van der Waals surface area contributed by atoms with Gasteiger partial charge < -0.3 is 10.1 Å². The van der Waals surface area contributed by atoms with Crippen LogP contribution in [-0.2, 0) is 17.6 Å². The highest BCUT2D eigenvalue weighted by molar-refractivity contribution is 5.68. The van der Waals surface area contributed by atoms with Gasteiger partial charge in [0.1, 0.15) is 0 Å². The van der Waals surface area contributed by atoms with Crippen LogP contribution in [0.4, 0.5) is 4.79 Å². The van der Waals surface area contributed by atoms with E-state index >= 15 is 0 Å². The molecule has 0 radical (unpaired) electrons. The third kappa shape index (κ3) is 4.13. The minimum absolute atomic E-state index is 0.0721. The zero-order chi connectivity index (χ0) is 16.1. The van der Waals surface area contributed by atoms with E-state index in [9.17, 15) is 4.79 Å². The van der Waals surface area contributed by atoms with Crippen molar-refractivity contribution in [3.8, 4) is 0 Å². The molecule has 0 fully saturated rings. The molecule has 0 saturated carbocycles. The van der Waals surface area contributed by atoms with E-state index in [0.29, 0.717) is 6.61 Å². The van der Waals surface area contributed by atoms with Gasteiger partial charge in [0.25, 0.3) is 0 Å². The average molecular weight is 309 g/mol. The Labute approximate surface area is 137 Å². The van der Waals surface area contributed by atoms with Crippen molar-refractivity contribution in [1.82, 2.24) is 5.32 Å². The Balaban J connectivity index is 1.54. The third-order valence-corrected chi connectivity index (χ3v) is 4.37. The maximum absolute atomic E-state index is 12.1. The number of rotatable bonds is 4. The van der Waals surface area contributed by atoms with Crippen LogP contribution in [0, 0.1) is 6.92 Å². The van der Waals surface area contributed by atoms with Crippen LogP contribution in [0.15, 0.2) is 48.5 Å². The van der Waals surface area contributed by atoms with Crippen LogP contribution in [0.25, 0.3) is 0 Å². The first-order chi connectivity index (χ1) is 11.2. The number of carbonyl (C=O) groups is 1. The Hall–Kier alpha value is -2.29. The van der Waals surface area contributed by atoms with Gasteiger partial charge in [0.15, 0.2) is 0 Å². The van der Waals surface area contributed by atoms with Crippen LogP contribution < -0.4 is 5.32 Å². The van der Waals surface area contributed by atoms with E-state index < -0.39 is 0 Å². The highest BCUT2D eigenvalue weighted by Crippen LogP contribution is 2.30. The Morgan fingerprint density at radius 1 is 1.22 bits per heavy atom. The molecule has 3 heteroatoms. The lowest BCUT2D eigenvalue weighted by molar-refractivity contribution is 0.142. The Morgan fingerprint density at radius 3 is 2.87 bits per heavy atom. The van der Waals surface area contributed by atoms with E-state index in [1.54, 1.807) is 0 Å².